The fourth-order valence-electron chi connectivity index (χ4n) is 3.83. The number of benzene rings is 2. The Kier molecular flexibility index (Phi) is 5.72. The molecule has 1 unspecified atom stereocenters. The molecular formula is C21H25ClO5. The van der Waals surface area contributed by atoms with E-state index in [1.807, 2.05) is 6.07 Å². The van der Waals surface area contributed by atoms with Crippen LogP contribution in [0.3, 0.4) is 0 Å². The quantitative estimate of drug-likeness (QED) is 0.767. The molecule has 0 aliphatic heterocycles. The van der Waals surface area contributed by atoms with E-state index in [2.05, 4.69) is 0 Å². The number of halogens is 1. The smallest absolute Gasteiger partial charge is 0.203 e. The molecule has 0 saturated carbocycles. The van der Waals surface area contributed by atoms with Crippen molar-refractivity contribution < 1.29 is 24.1 Å². The number of aliphatic hydroxyl groups is 1. The molecule has 3 rings (SSSR count). The van der Waals surface area contributed by atoms with E-state index in [-0.39, 0.29) is 0 Å². The number of hydrogen-bond donors (Lipinski definition) is 1. The van der Waals surface area contributed by atoms with Crippen molar-refractivity contribution in [1.29, 1.82) is 0 Å². The third-order valence-electron chi connectivity index (χ3n) is 5.23. The topological polar surface area (TPSA) is 57.2 Å². The molecule has 0 bridgehead atoms. The average molecular weight is 393 g/mol. The number of fused-ring (bicyclic) bond motifs is 1. The Morgan fingerprint density at radius 3 is 2.07 bits per heavy atom. The van der Waals surface area contributed by atoms with Crippen LogP contribution in [-0.2, 0) is 12.0 Å². The Morgan fingerprint density at radius 2 is 1.52 bits per heavy atom. The summed E-state index contributed by atoms with van der Waals surface area (Å²) in [6.45, 7) is 0. The van der Waals surface area contributed by atoms with Gasteiger partial charge in [-0.3, -0.25) is 0 Å². The standard InChI is InChI=1S/C21H25ClO5/c1-24-16-9-8-15-14(19(16)22)7-5-6-10-21(15,23)13-11-17(25-2)20(27-4)18(12-13)26-3/h8-9,11-12,23H,5-7,10H2,1-4H3. The van der Waals surface area contributed by atoms with Crippen molar-refractivity contribution in [2.24, 2.45) is 0 Å². The van der Waals surface area contributed by atoms with Crippen molar-refractivity contribution in [2.75, 3.05) is 28.4 Å². The molecule has 0 radical (unpaired) electrons. The molecule has 5 nitrogen and oxygen atoms in total. The van der Waals surface area contributed by atoms with Crippen LogP contribution in [0.15, 0.2) is 24.3 Å². The maximum absolute atomic E-state index is 11.8. The SMILES string of the molecule is COc1ccc2c(c1Cl)CCCCC2(O)c1cc(OC)c(OC)c(OC)c1. The molecule has 1 atom stereocenters. The second-order valence-electron chi connectivity index (χ2n) is 6.59. The number of methoxy groups -OCH3 is 4. The van der Waals surface area contributed by atoms with E-state index in [0.29, 0.717) is 40.0 Å². The molecule has 0 heterocycles. The largest absolute Gasteiger partial charge is 0.495 e. The highest BCUT2D eigenvalue weighted by Crippen LogP contribution is 2.48. The number of rotatable bonds is 5. The first-order chi connectivity index (χ1) is 13.0. The Hall–Kier alpha value is -2.11. The van der Waals surface area contributed by atoms with Gasteiger partial charge in [-0.2, -0.15) is 0 Å². The summed E-state index contributed by atoms with van der Waals surface area (Å²) < 4.78 is 21.7. The lowest BCUT2D eigenvalue weighted by molar-refractivity contribution is 0.0698. The normalized spacial score (nSPS) is 19.0. The van der Waals surface area contributed by atoms with Crippen LogP contribution in [0.5, 0.6) is 23.0 Å². The zero-order valence-electron chi connectivity index (χ0n) is 16.1. The van der Waals surface area contributed by atoms with E-state index in [1.54, 1.807) is 46.6 Å². The zero-order chi connectivity index (χ0) is 19.6. The van der Waals surface area contributed by atoms with Gasteiger partial charge in [0.1, 0.15) is 11.4 Å². The van der Waals surface area contributed by atoms with Crippen molar-refractivity contribution in [1.82, 2.24) is 0 Å². The molecule has 0 aromatic heterocycles. The Balaban J connectivity index is 2.24. The fourth-order valence-corrected chi connectivity index (χ4v) is 4.16. The summed E-state index contributed by atoms with van der Waals surface area (Å²) in [4.78, 5) is 0. The van der Waals surface area contributed by atoms with E-state index in [0.717, 1.165) is 30.4 Å². The van der Waals surface area contributed by atoms with Gasteiger partial charge in [0.2, 0.25) is 5.75 Å². The lowest BCUT2D eigenvalue weighted by Gasteiger charge is -2.31. The highest BCUT2D eigenvalue weighted by Gasteiger charge is 2.37. The second kappa shape index (κ2) is 7.87. The van der Waals surface area contributed by atoms with E-state index in [9.17, 15) is 5.11 Å². The first kappa shape index (κ1) is 19.6. The molecule has 1 aliphatic rings. The minimum Gasteiger partial charge on any atom is -0.495 e. The van der Waals surface area contributed by atoms with Crippen LogP contribution in [0.25, 0.3) is 0 Å². The molecule has 0 fully saturated rings. The van der Waals surface area contributed by atoms with Crippen LogP contribution >= 0.6 is 11.6 Å². The summed E-state index contributed by atoms with van der Waals surface area (Å²) in [7, 11) is 6.28. The highest BCUT2D eigenvalue weighted by molar-refractivity contribution is 6.33. The molecule has 0 spiro atoms. The molecule has 2 aromatic carbocycles. The molecule has 0 saturated heterocycles. The van der Waals surface area contributed by atoms with Crippen LogP contribution in [0.4, 0.5) is 0 Å². The summed E-state index contributed by atoms with van der Waals surface area (Å²) in [5, 5.41) is 12.4. The molecule has 146 valence electrons. The summed E-state index contributed by atoms with van der Waals surface area (Å²) in [6.07, 6.45) is 3.16. The first-order valence-corrected chi connectivity index (χ1v) is 9.26. The van der Waals surface area contributed by atoms with E-state index in [1.165, 1.54) is 0 Å². The van der Waals surface area contributed by atoms with E-state index >= 15 is 0 Å². The van der Waals surface area contributed by atoms with Crippen LogP contribution in [0.2, 0.25) is 5.02 Å². The van der Waals surface area contributed by atoms with Gasteiger partial charge in [0, 0.05) is 0 Å². The van der Waals surface area contributed by atoms with Crippen molar-refractivity contribution >= 4 is 11.6 Å². The lowest BCUT2D eigenvalue weighted by atomic mass is 9.81. The Bertz CT molecular complexity index is 811. The molecule has 1 aliphatic carbocycles. The van der Waals surface area contributed by atoms with Gasteiger partial charge in [-0.25, -0.2) is 0 Å². The van der Waals surface area contributed by atoms with Gasteiger partial charge in [0.05, 0.1) is 33.5 Å². The molecule has 0 amide bonds. The van der Waals surface area contributed by atoms with Crippen LogP contribution in [-0.4, -0.2) is 33.5 Å². The maximum atomic E-state index is 11.8. The van der Waals surface area contributed by atoms with Gasteiger partial charge in [-0.15, -0.1) is 0 Å². The third-order valence-corrected chi connectivity index (χ3v) is 5.65. The summed E-state index contributed by atoms with van der Waals surface area (Å²) in [6, 6.07) is 7.30. The van der Waals surface area contributed by atoms with Crippen LogP contribution in [0, 0.1) is 0 Å². The second-order valence-corrected chi connectivity index (χ2v) is 6.97. The van der Waals surface area contributed by atoms with Gasteiger partial charge in [0.15, 0.2) is 11.5 Å². The average Bonchev–Trinajstić information content (AvgIpc) is 2.87. The Labute approximate surface area is 164 Å². The molecule has 6 heteroatoms. The van der Waals surface area contributed by atoms with Crippen molar-refractivity contribution in [3.8, 4) is 23.0 Å². The molecule has 2 aromatic rings. The van der Waals surface area contributed by atoms with Crippen molar-refractivity contribution in [2.45, 2.75) is 31.3 Å². The van der Waals surface area contributed by atoms with E-state index < -0.39 is 5.60 Å². The van der Waals surface area contributed by atoms with Gasteiger partial charge >= 0.3 is 0 Å². The van der Waals surface area contributed by atoms with Crippen molar-refractivity contribution in [3.05, 3.63) is 46.0 Å². The van der Waals surface area contributed by atoms with Gasteiger partial charge < -0.3 is 24.1 Å². The van der Waals surface area contributed by atoms with Gasteiger partial charge in [-0.05, 0) is 60.6 Å². The lowest BCUT2D eigenvalue weighted by Crippen LogP contribution is -2.28. The van der Waals surface area contributed by atoms with Gasteiger partial charge in [-0.1, -0.05) is 17.7 Å². The maximum Gasteiger partial charge on any atom is 0.203 e. The zero-order valence-corrected chi connectivity index (χ0v) is 16.9. The Morgan fingerprint density at radius 1 is 0.889 bits per heavy atom. The van der Waals surface area contributed by atoms with E-state index in [4.69, 9.17) is 30.5 Å². The minimum atomic E-state index is -1.21. The summed E-state index contributed by atoms with van der Waals surface area (Å²) in [5.41, 5.74) is 1.18. The van der Waals surface area contributed by atoms with Crippen LogP contribution in [0.1, 0.15) is 36.0 Å². The first-order valence-electron chi connectivity index (χ1n) is 8.88. The molecular weight excluding hydrogens is 368 g/mol. The predicted octanol–water partition coefficient (Wildman–Crippen LogP) is 4.34. The van der Waals surface area contributed by atoms with Crippen LogP contribution < -0.4 is 18.9 Å². The summed E-state index contributed by atoms with van der Waals surface area (Å²) in [5.74, 6) is 2.12. The molecule has 27 heavy (non-hydrogen) atoms. The van der Waals surface area contributed by atoms with Crippen molar-refractivity contribution in [3.63, 3.8) is 0 Å². The predicted molar refractivity (Wildman–Crippen MR) is 105 cm³/mol. The third kappa shape index (κ3) is 3.30. The van der Waals surface area contributed by atoms with Gasteiger partial charge in [0.25, 0.3) is 0 Å². The number of ether oxygens (including phenoxy) is 4. The number of hydrogen-bond acceptors (Lipinski definition) is 5. The highest BCUT2D eigenvalue weighted by atomic mass is 35.5. The fraction of sp³-hybridized carbons (Fsp3) is 0.429. The summed E-state index contributed by atoms with van der Waals surface area (Å²) >= 11 is 6.57. The minimum absolute atomic E-state index is 0.494. The monoisotopic (exact) mass is 392 g/mol. The molecule has 1 N–H and O–H groups in total.